The van der Waals surface area contributed by atoms with E-state index in [-0.39, 0.29) is 20.1 Å². The first kappa shape index (κ1) is 42.6. The summed E-state index contributed by atoms with van der Waals surface area (Å²) in [6, 6.07) is 31.9. The number of pyridine rings is 3. The number of aromatic nitrogens is 3. The number of furan rings is 1. The summed E-state index contributed by atoms with van der Waals surface area (Å²) >= 11 is -1.92. The summed E-state index contributed by atoms with van der Waals surface area (Å²) in [6.45, 7) is 4.40. The van der Waals surface area contributed by atoms with Crippen molar-refractivity contribution in [2.75, 3.05) is 7.11 Å². The molecule has 311 valence electrons. The molecule has 2 bridgehead atoms. The predicted molar refractivity (Wildman–Crippen MR) is 245 cm³/mol. The van der Waals surface area contributed by atoms with Gasteiger partial charge in [0.1, 0.15) is 11.3 Å². The van der Waals surface area contributed by atoms with Crippen molar-refractivity contribution in [3.8, 4) is 39.4 Å². The van der Waals surface area contributed by atoms with E-state index in [4.69, 9.17) is 19.1 Å². The van der Waals surface area contributed by atoms with Gasteiger partial charge in [-0.1, -0.05) is 60.6 Å². The average molecular weight is 1030 g/mol. The van der Waals surface area contributed by atoms with Crippen LogP contribution in [0.4, 0.5) is 0 Å². The Balaban J connectivity index is 0.000000176. The number of benzene rings is 3. The standard InChI is InChI=1S/C31H27N2O2.C22H30GeN.Ir/c1-34-28-5-3-2-4-25(28)22-8-9-29-26(16-22)31-30(35-29)17-24(18-33-31)27-15-20(10-11-32-27)14-23-13-19-6-7-21(23)12-19;1-16-9-8-12-19(13-16)22-17(2)20(14-18-10-6-7-11-18)21(15-24-22)23(3,4)5;/h2-5,8-11,15-16,18-19,21,23H,6-7,12-14H2,1H3;8-9,12,15,18H,6-7,10-11,14H2,1-5H3;/q2*-1;. The summed E-state index contributed by atoms with van der Waals surface area (Å²) in [4.78, 5) is 14.3. The smallest absolute Gasteiger partial charge is 0 e. The average Bonchev–Trinajstić information content (AvgIpc) is 4.07. The van der Waals surface area contributed by atoms with Gasteiger partial charge in [0.05, 0.1) is 12.7 Å². The van der Waals surface area contributed by atoms with Crippen LogP contribution in [0.1, 0.15) is 73.6 Å². The Bertz CT molecular complexity index is 2620. The fraction of sp³-hybridized carbons (Fsp3) is 0.377. The minimum absolute atomic E-state index is 0. The molecular formula is C53H57GeIrN3O2-2. The summed E-state index contributed by atoms with van der Waals surface area (Å²) in [5, 5.41) is 0.976. The molecule has 7 aromatic rings. The third-order valence-electron chi connectivity index (χ3n) is 13.6. The Morgan fingerprint density at radius 3 is 2.38 bits per heavy atom. The number of methoxy groups -OCH3 is 1. The van der Waals surface area contributed by atoms with Crippen LogP contribution in [0.2, 0.25) is 17.3 Å². The quantitative estimate of drug-likeness (QED) is 0.106. The second-order valence-electron chi connectivity index (χ2n) is 18.7. The van der Waals surface area contributed by atoms with Crippen molar-refractivity contribution < 1.29 is 29.3 Å². The maximum Gasteiger partial charge on any atom is 0 e. The van der Waals surface area contributed by atoms with Crippen LogP contribution in [-0.2, 0) is 32.9 Å². The van der Waals surface area contributed by atoms with E-state index in [1.165, 1.54) is 74.5 Å². The molecule has 0 spiro atoms. The third-order valence-corrected chi connectivity index (χ3v) is 17.9. The van der Waals surface area contributed by atoms with E-state index >= 15 is 0 Å². The van der Waals surface area contributed by atoms with E-state index < -0.39 is 13.3 Å². The number of rotatable bonds is 9. The molecule has 3 unspecified atom stereocenters. The summed E-state index contributed by atoms with van der Waals surface area (Å²) in [5.41, 5.74) is 14.0. The number of hydrogen-bond donors (Lipinski definition) is 0. The van der Waals surface area contributed by atoms with Crippen molar-refractivity contribution in [2.24, 2.45) is 23.7 Å². The first-order valence-electron chi connectivity index (χ1n) is 21.9. The van der Waals surface area contributed by atoms with Crippen molar-refractivity contribution in [2.45, 2.75) is 95.3 Å². The number of nitrogens with zero attached hydrogens (tertiary/aromatic N) is 3. The van der Waals surface area contributed by atoms with Gasteiger partial charge >= 0.3 is 150 Å². The van der Waals surface area contributed by atoms with Crippen molar-refractivity contribution >= 4 is 39.7 Å². The van der Waals surface area contributed by atoms with Gasteiger partial charge in [0.25, 0.3) is 0 Å². The van der Waals surface area contributed by atoms with E-state index in [0.29, 0.717) is 5.58 Å². The Hall–Kier alpha value is -4.10. The van der Waals surface area contributed by atoms with Crippen molar-refractivity contribution in [1.82, 2.24) is 15.0 Å². The van der Waals surface area contributed by atoms with Gasteiger partial charge in [-0.05, 0) is 72.9 Å². The molecule has 0 N–H and O–H groups in total. The minimum Gasteiger partial charge on any atom is 0 e. The molecule has 0 aliphatic heterocycles. The SMILES string of the molecule is COc1ccccc1-c1ccc2oc3[c-]c(-c4cc(CC5CC6CCC5C6)ccn4)cnc3c2c1.Cc1[c-]c(-c2nc[c]([Ge]([CH3])([CH3])[CH3])c(CC3CCCC3)c2C)ccc1.[Ir]. The fourth-order valence-corrected chi connectivity index (χ4v) is 14.0. The molecule has 0 amide bonds. The zero-order chi connectivity index (χ0) is 40.7. The Labute approximate surface area is 372 Å². The first-order chi connectivity index (χ1) is 28.6. The number of hydrogen-bond acceptors (Lipinski definition) is 5. The molecule has 60 heavy (non-hydrogen) atoms. The Morgan fingerprint density at radius 1 is 0.800 bits per heavy atom. The molecule has 4 aromatic heterocycles. The van der Waals surface area contributed by atoms with E-state index in [9.17, 15) is 0 Å². The normalized spacial score (nSPS) is 18.7. The Kier molecular flexibility index (Phi) is 12.8. The molecule has 0 saturated heterocycles. The third kappa shape index (κ3) is 8.94. The fourth-order valence-electron chi connectivity index (χ4n) is 10.5. The van der Waals surface area contributed by atoms with E-state index in [0.717, 1.165) is 86.0 Å². The number of fused-ring (bicyclic) bond motifs is 5. The van der Waals surface area contributed by atoms with Crippen LogP contribution in [0.3, 0.4) is 0 Å². The van der Waals surface area contributed by atoms with Gasteiger partial charge in [-0.15, -0.1) is 5.56 Å². The van der Waals surface area contributed by atoms with Gasteiger partial charge in [-0.2, -0.15) is 0 Å². The van der Waals surface area contributed by atoms with Crippen LogP contribution in [0, 0.1) is 49.7 Å². The number of ether oxygens (including phenoxy) is 1. The zero-order valence-corrected chi connectivity index (χ0v) is 40.5. The molecule has 10 rings (SSSR count). The summed E-state index contributed by atoms with van der Waals surface area (Å²) < 4.78 is 13.3. The van der Waals surface area contributed by atoms with Crippen molar-refractivity contribution in [3.63, 3.8) is 0 Å². The molecule has 1 radical (unpaired) electrons. The van der Waals surface area contributed by atoms with Crippen LogP contribution >= 0.6 is 0 Å². The summed E-state index contributed by atoms with van der Waals surface area (Å²) in [6.07, 6.45) is 19.8. The second-order valence-corrected chi connectivity index (χ2v) is 29.2. The van der Waals surface area contributed by atoms with Crippen LogP contribution in [0.25, 0.3) is 55.7 Å². The largest absolute Gasteiger partial charge is 0 e. The summed E-state index contributed by atoms with van der Waals surface area (Å²) in [5.74, 6) is 11.9. The van der Waals surface area contributed by atoms with Gasteiger partial charge in [0.2, 0.25) is 0 Å². The van der Waals surface area contributed by atoms with E-state index in [1.54, 1.807) is 17.1 Å². The van der Waals surface area contributed by atoms with Crippen molar-refractivity contribution in [1.29, 1.82) is 0 Å². The molecule has 3 fully saturated rings. The molecule has 3 aromatic carbocycles. The zero-order valence-electron chi connectivity index (χ0n) is 36.0. The van der Waals surface area contributed by atoms with Crippen molar-refractivity contribution in [3.05, 3.63) is 126 Å². The van der Waals surface area contributed by atoms with Gasteiger partial charge in [-0.3, -0.25) is 0 Å². The molecule has 5 nitrogen and oxygen atoms in total. The molecule has 3 saturated carbocycles. The molecular weight excluding hydrogens is 975 g/mol. The number of para-hydroxylation sites is 1. The monoisotopic (exact) mass is 1030 g/mol. The first-order valence-corrected chi connectivity index (χ1v) is 29.3. The van der Waals surface area contributed by atoms with Crippen LogP contribution in [0.15, 0.2) is 95.8 Å². The van der Waals surface area contributed by atoms with Gasteiger partial charge in [-0.25, -0.2) is 0 Å². The maximum absolute atomic E-state index is 6.16. The van der Waals surface area contributed by atoms with Crippen LogP contribution < -0.4 is 9.13 Å². The van der Waals surface area contributed by atoms with Gasteiger partial charge in [0.15, 0.2) is 0 Å². The van der Waals surface area contributed by atoms with Gasteiger partial charge in [0, 0.05) is 42.8 Å². The predicted octanol–water partition coefficient (Wildman–Crippen LogP) is 12.9. The number of aryl methyl sites for hydroxylation is 1. The molecule has 3 aliphatic rings. The van der Waals surface area contributed by atoms with Gasteiger partial charge < -0.3 is 19.1 Å². The second kappa shape index (κ2) is 18.1. The van der Waals surface area contributed by atoms with Crippen LogP contribution in [-0.4, -0.2) is 35.3 Å². The molecule has 7 heteroatoms. The Morgan fingerprint density at radius 2 is 1.63 bits per heavy atom. The van der Waals surface area contributed by atoms with E-state index in [2.05, 4.69) is 103 Å². The molecule has 4 heterocycles. The minimum atomic E-state index is -1.92. The molecule has 3 aliphatic carbocycles. The summed E-state index contributed by atoms with van der Waals surface area (Å²) in [7, 11) is 1.70. The topological polar surface area (TPSA) is 61.0 Å². The van der Waals surface area contributed by atoms with E-state index in [1.807, 2.05) is 36.7 Å². The maximum atomic E-state index is 6.16. The van der Waals surface area contributed by atoms with Crippen LogP contribution in [0.5, 0.6) is 5.75 Å². The molecule has 3 atom stereocenters.